The zero-order valence-corrected chi connectivity index (χ0v) is 20.8. The molecule has 178 valence electrons. The summed E-state index contributed by atoms with van der Waals surface area (Å²) in [5.74, 6) is 1.24. The number of amides is 1. The Labute approximate surface area is 208 Å². The summed E-state index contributed by atoms with van der Waals surface area (Å²) < 4.78 is 17.4. The van der Waals surface area contributed by atoms with Gasteiger partial charge in [-0.15, -0.1) is 12.4 Å². The molecular weight excluding hydrogens is 485 g/mol. The largest absolute Gasteiger partial charge is 0.497 e. The molecule has 1 aliphatic rings. The second-order valence-corrected chi connectivity index (χ2v) is 8.87. The molecule has 2 aromatic carbocycles. The van der Waals surface area contributed by atoms with Gasteiger partial charge in [0.2, 0.25) is 0 Å². The molecule has 4 rings (SSSR count). The van der Waals surface area contributed by atoms with Crippen LogP contribution in [0.15, 0.2) is 42.5 Å². The van der Waals surface area contributed by atoms with Crippen molar-refractivity contribution >= 4 is 56.6 Å². The van der Waals surface area contributed by atoms with E-state index < -0.39 is 0 Å². The molecule has 0 radical (unpaired) electrons. The van der Waals surface area contributed by atoms with Crippen LogP contribution in [0.4, 0.5) is 5.13 Å². The van der Waals surface area contributed by atoms with Crippen LogP contribution in [0.3, 0.4) is 0 Å². The minimum atomic E-state index is -0.132. The molecule has 0 atom stereocenters. The van der Waals surface area contributed by atoms with Crippen LogP contribution < -0.4 is 14.4 Å². The van der Waals surface area contributed by atoms with Gasteiger partial charge in [0.05, 0.1) is 30.5 Å². The Morgan fingerprint density at radius 3 is 2.64 bits per heavy atom. The number of fused-ring (bicyclic) bond motifs is 1. The number of benzene rings is 2. The van der Waals surface area contributed by atoms with E-state index >= 15 is 0 Å². The third kappa shape index (κ3) is 6.94. The summed E-state index contributed by atoms with van der Waals surface area (Å²) in [7, 11) is 1.64. The number of carbonyl (C=O) groups is 1. The number of rotatable bonds is 9. The van der Waals surface area contributed by atoms with Crippen molar-refractivity contribution in [2.24, 2.45) is 0 Å². The first kappa shape index (κ1) is 25.5. The Morgan fingerprint density at radius 1 is 1.18 bits per heavy atom. The van der Waals surface area contributed by atoms with Gasteiger partial charge in [-0.25, -0.2) is 4.98 Å². The summed E-state index contributed by atoms with van der Waals surface area (Å²) >= 11 is 7.41. The molecule has 1 saturated heterocycles. The summed E-state index contributed by atoms with van der Waals surface area (Å²) in [6.07, 6.45) is 0.839. The van der Waals surface area contributed by atoms with Crippen molar-refractivity contribution < 1.29 is 19.0 Å². The SMILES string of the molecule is COc1ccc2nc(N(CCCN3CCOCC3)C(=O)COc3ccc(Cl)cc3)sc2c1.Cl. The number of ether oxygens (including phenoxy) is 3. The van der Waals surface area contributed by atoms with Gasteiger partial charge < -0.3 is 14.2 Å². The van der Waals surface area contributed by atoms with Crippen LogP contribution in [0.5, 0.6) is 11.5 Å². The number of hydrogen-bond donors (Lipinski definition) is 0. The molecule has 3 aromatic rings. The summed E-state index contributed by atoms with van der Waals surface area (Å²) in [6, 6.07) is 12.7. The number of methoxy groups -OCH3 is 1. The van der Waals surface area contributed by atoms with Gasteiger partial charge in [-0.05, 0) is 48.9 Å². The Hall–Kier alpha value is -2.10. The van der Waals surface area contributed by atoms with Crippen LogP contribution in [-0.2, 0) is 9.53 Å². The average molecular weight is 512 g/mol. The van der Waals surface area contributed by atoms with E-state index in [2.05, 4.69) is 4.90 Å². The van der Waals surface area contributed by atoms with Crippen LogP contribution in [-0.4, -0.2) is 68.9 Å². The number of aromatic nitrogens is 1. The van der Waals surface area contributed by atoms with E-state index in [1.807, 2.05) is 18.2 Å². The number of nitrogens with zero attached hydrogens (tertiary/aromatic N) is 3. The van der Waals surface area contributed by atoms with Crippen molar-refractivity contribution in [3.8, 4) is 11.5 Å². The molecule has 7 nitrogen and oxygen atoms in total. The molecule has 0 aliphatic carbocycles. The lowest BCUT2D eigenvalue weighted by molar-refractivity contribution is -0.120. The number of thiazole rings is 1. The highest BCUT2D eigenvalue weighted by Crippen LogP contribution is 2.31. The summed E-state index contributed by atoms with van der Waals surface area (Å²) in [5.41, 5.74) is 0.843. The first-order valence-electron chi connectivity index (χ1n) is 10.6. The summed E-state index contributed by atoms with van der Waals surface area (Å²) in [4.78, 5) is 21.9. The number of morpholine rings is 1. The van der Waals surface area contributed by atoms with E-state index in [0.29, 0.717) is 22.4 Å². The quantitative estimate of drug-likeness (QED) is 0.421. The van der Waals surface area contributed by atoms with E-state index in [1.165, 1.54) is 11.3 Å². The molecule has 10 heteroatoms. The minimum Gasteiger partial charge on any atom is -0.497 e. The summed E-state index contributed by atoms with van der Waals surface area (Å²) in [5, 5.41) is 1.29. The number of carbonyl (C=O) groups excluding carboxylic acids is 1. The van der Waals surface area contributed by atoms with Crippen molar-refractivity contribution in [1.82, 2.24) is 9.88 Å². The molecule has 1 aliphatic heterocycles. The molecule has 1 aromatic heterocycles. The number of halogens is 2. The van der Waals surface area contributed by atoms with Crippen LogP contribution >= 0.6 is 35.3 Å². The zero-order chi connectivity index (χ0) is 22.3. The van der Waals surface area contributed by atoms with E-state index in [9.17, 15) is 4.79 Å². The van der Waals surface area contributed by atoms with Crippen molar-refractivity contribution in [3.05, 3.63) is 47.5 Å². The van der Waals surface area contributed by atoms with Gasteiger partial charge in [0, 0.05) is 31.2 Å². The molecule has 0 unspecified atom stereocenters. The standard InChI is InChI=1S/C23H26ClN3O4S.ClH/c1-29-19-7-8-20-21(15-19)32-23(25-20)27(10-2-9-26-11-13-30-14-12-26)22(28)16-31-18-5-3-17(24)4-6-18;/h3-8,15H,2,9-14,16H2,1H3;1H. The lowest BCUT2D eigenvalue weighted by Gasteiger charge is -2.27. The minimum absolute atomic E-state index is 0. The van der Waals surface area contributed by atoms with Crippen molar-refractivity contribution in [2.45, 2.75) is 6.42 Å². The molecule has 0 N–H and O–H groups in total. The molecular formula is C23H27Cl2N3O4S. The van der Waals surface area contributed by atoms with Gasteiger partial charge in [-0.3, -0.25) is 14.6 Å². The Kier molecular flexibility index (Phi) is 9.58. The Bertz CT molecular complexity index is 1040. The zero-order valence-electron chi connectivity index (χ0n) is 18.4. The fourth-order valence-corrected chi connectivity index (χ4v) is 4.66. The lowest BCUT2D eigenvalue weighted by Crippen LogP contribution is -2.40. The normalized spacial score (nSPS) is 14.0. The monoisotopic (exact) mass is 511 g/mol. The maximum Gasteiger partial charge on any atom is 0.266 e. The van der Waals surface area contributed by atoms with Crippen LogP contribution in [0.25, 0.3) is 10.2 Å². The number of hydrogen-bond acceptors (Lipinski definition) is 7. The average Bonchev–Trinajstić information content (AvgIpc) is 3.24. The van der Waals surface area contributed by atoms with Crippen LogP contribution in [0.2, 0.25) is 5.02 Å². The predicted octanol–water partition coefficient (Wildman–Crippen LogP) is 4.51. The maximum absolute atomic E-state index is 13.1. The fourth-order valence-electron chi connectivity index (χ4n) is 3.49. The molecule has 1 fully saturated rings. The smallest absolute Gasteiger partial charge is 0.266 e. The highest BCUT2D eigenvalue weighted by molar-refractivity contribution is 7.22. The van der Waals surface area contributed by atoms with Gasteiger partial charge in [-0.2, -0.15) is 0 Å². The Balaban J connectivity index is 0.00000306. The fraction of sp³-hybridized carbons (Fsp3) is 0.391. The summed E-state index contributed by atoms with van der Waals surface area (Å²) in [6.45, 7) is 4.77. The first-order valence-corrected chi connectivity index (χ1v) is 11.8. The predicted molar refractivity (Wildman–Crippen MR) is 135 cm³/mol. The maximum atomic E-state index is 13.1. The van der Waals surface area contributed by atoms with Crippen molar-refractivity contribution in [2.75, 3.05) is 58.0 Å². The van der Waals surface area contributed by atoms with Crippen molar-refractivity contribution in [3.63, 3.8) is 0 Å². The van der Waals surface area contributed by atoms with Crippen molar-refractivity contribution in [1.29, 1.82) is 0 Å². The highest BCUT2D eigenvalue weighted by Gasteiger charge is 2.21. The molecule has 33 heavy (non-hydrogen) atoms. The third-order valence-corrected chi connectivity index (χ3v) is 6.55. The molecule has 0 spiro atoms. The number of anilines is 1. The molecule has 1 amide bonds. The molecule has 2 heterocycles. The highest BCUT2D eigenvalue weighted by atomic mass is 35.5. The second kappa shape index (κ2) is 12.4. The molecule has 0 bridgehead atoms. The van der Waals surface area contributed by atoms with E-state index in [1.54, 1.807) is 36.3 Å². The topological polar surface area (TPSA) is 64.1 Å². The van der Waals surface area contributed by atoms with Gasteiger partial charge in [-0.1, -0.05) is 22.9 Å². The van der Waals surface area contributed by atoms with Gasteiger partial charge in [0.1, 0.15) is 11.5 Å². The van der Waals surface area contributed by atoms with Gasteiger partial charge >= 0.3 is 0 Å². The van der Waals surface area contributed by atoms with E-state index in [-0.39, 0.29) is 24.9 Å². The Morgan fingerprint density at radius 2 is 1.91 bits per heavy atom. The first-order chi connectivity index (χ1) is 15.6. The van der Waals surface area contributed by atoms with Gasteiger partial charge in [0.15, 0.2) is 11.7 Å². The molecule has 0 saturated carbocycles. The van der Waals surface area contributed by atoms with Crippen LogP contribution in [0, 0.1) is 0 Å². The third-order valence-electron chi connectivity index (χ3n) is 5.25. The lowest BCUT2D eigenvalue weighted by atomic mass is 10.3. The van der Waals surface area contributed by atoms with Crippen LogP contribution in [0.1, 0.15) is 6.42 Å². The van der Waals surface area contributed by atoms with E-state index in [4.69, 9.17) is 30.8 Å². The second-order valence-electron chi connectivity index (χ2n) is 7.43. The van der Waals surface area contributed by atoms with Gasteiger partial charge in [0.25, 0.3) is 5.91 Å². The van der Waals surface area contributed by atoms with E-state index in [0.717, 1.165) is 55.2 Å².